The Morgan fingerprint density at radius 1 is 0.818 bits per heavy atom. The van der Waals surface area contributed by atoms with Crippen molar-refractivity contribution in [3.05, 3.63) is 33.4 Å². The monoisotopic (exact) mass is 346 g/mol. The maximum absolute atomic E-state index is 3.46. The fourth-order valence-corrected chi connectivity index (χ4v) is 3.67. The maximum atomic E-state index is 3.46. The van der Waals surface area contributed by atoms with Crippen molar-refractivity contribution in [3.63, 3.8) is 0 Å². The molecule has 1 atom stereocenters. The Hall–Kier alpha value is -0.280. The Bertz CT molecular complexity index is 465. The molecule has 0 saturated carbocycles. The highest BCUT2D eigenvalue weighted by atomic mass is 35.5. The summed E-state index contributed by atoms with van der Waals surface area (Å²) < 4.78 is 0. The van der Waals surface area contributed by atoms with Gasteiger partial charge in [0, 0.05) is 32.2 Å². The van der Waals surface area contributed by atoms with Crippen molar-refractivity contribution in [1.82, 2.24) is 10.2 Å². The predicted octanol–water partition coefficient (Wildman–Crippen LogP) is 4.43. The van der Waals surface area contributed by atoms with Crippen LogP contribution < -0.4 is 5.32 Å². The van der Waals surface area contributed by atoms with Gasteiger partial charge < -0.3 is 5.32 Å². The molecule has 128 valence electrons. The first-order chi connectivity index (χ1) is 9.49. The van der Waals surface area contributed by atoms with Crippen LogP contribution in [-0.2, 0) is 0 Å². The van der Waals surface area contributed by atoms with Gasteiger partial charge in [-0.1, -0.05) is 6.92 Å². The number of nitrogens with one attached hydrogen (secondary N) is 1. The average Bonchev–Trinajstić information content (AvgIpc) is 2.48. The first-order valence-corrected chi connectivity index (χ1v) is 8.00. The predicted molar refractivity (Wildman–Crippen MR) is 102 cm³/mol. The number of benzene rings is 1. The summed E-state index contributed by atoms with van der Waals surface area (Å²) in [5.41, 5.74) is 9.05. The normalized spacial score (nSPS) is 16.6. The van der Waals surface area contributed by atoms with E-state index < -0.39 is 0 Å². The van der Waals surface area contributed by atoms with E-state index in [4.69, 9.17) is 0 Å². The van der Waals surface area contributed by atoms with E-state index in [0.29, 0.717) is 6.04 Å². The lowest BCUT2D eigenvalue weighted by Crippen LogP contribution is -2.45. The number of piperazine rings is 1. The Balaban J connectivity index is 0.00000220. The molecule has 1 fully saturated rings. The lowest BCUT2D eigenvalue weighted by atomic mass is 9.85. The van der Waals surface area contributed by atoms with E-state index in [1.165, 1.54) is 47.3 Å². The zero-order valence-corrected chi connectivity index (χ0v) is 16.5. The molecule has 0 aromatic heterocycles. The Morgan fingerprint density at radius 3 is 1.64 bits per heavy atom. The van der Waals surface area contributed by atoms with Crippen LogP contribution in [0, 0.1) is 34.6 Å². The molecular weight excluding hydrogens is 315 g/mol. The third-order valence-corrected chi connectivity index (χ3v) is 5.37. The fourth-order valence-electron chi connectivity index (χ4n) is 3.67. The molecule has 2 nitrogen and oxygen atoms in total. The van der Waals surface area contributed by atoms with Crippen molar-refractivity contribution in [3.8, 4) is 0 Å². The lowest BCUT2D eigenvalue weighted by Gasteiger charge is -2.37. The molecule has 22 heavy (non-hydrogen) atoms. The molecule has 1 N–H and O–H groups in total. The van der Waals surface area contributed by atoms with Crippen LogP contribution in [0.25, 0.3) is 0 Å². The highest BCUT2D eigenvalue weighted by Gasteiger charge is 2.25. The molecule has 1 aliphatic rings. The second-order valence-corrected chi connectivity index (χ2v) is 6.25. The largest absolute Gasteiger partial charge is 0.314 e. The van der Waals surface area contributed by atoms with Gasteiger partial charge in [0.25, 0.3) is 0 Å². The van der Waals surface area contributed by atoms with Gasteiger partial charge in [-0.2, -0.15) is 0 Å². The van der Waals surface area contributed by atoms with E-state index in [-0.39, 0.29) is 24.8 Å². The van der Waals surface area contributed by atoms with Gasteiger partial charge in [-0.25, -0.2) is 0 Å². The van der Waals surface area contributed by atoms with Crippen LogP contribution in [0.4, 0.5) is 0 Å². The van der Waals surface area contributed by atoms with Gasteiger partial charge in [0.1, 0.15) is 0 Å². The molecule has 0 radical (unpaired) electrons. The molecule has 2 rings (SSSR count). The van der Waals surface area contributed by atoms with Gasteiger partial charge in [-0.3, -0.25) is 4.90 Å². The summed E-state index contributed by atoms with van der Waals surface area (Å²) >= 11 is 0. The smallest absolute Gasteiger partial charge is 0.0352 e. The summed E-state index contributed by atoms with van der Waals surface area (Å²) in [7, 11) is 0. The molecule has 1 saturated heterocycles. The fraction of sp³-hybridized carbons (Fsp3) is 0.667. The van der Waals surface area contributed by atoms with Crippen molar-refractivity contribution in [2.75, 3.05) is 26.2 Å². The number of rotatable bonds is 3. The molecular formula is C18H32Cl2N2. The SMILES string of the molecule is CC[C@@H](c1c(C)c(C)c(C)c(C)c1C)N1CCNCC1.Cl.Cl. The van der Waals surface area contributed by atoms with Crippen LogP contribution in [0.2, 0.25) is 0 Å². The highest BCUT2D eigenvalue weighted by Crippen LogP contribution is 2.35. The Labute approximate surface area is 148 Å². The van der Waals surface area contributed by atoms with Crippen LogP contribution in [0.15, 0.2) is 0 Å². The lowest BCUT2D eigenvalue weighted by molar-refractivity contribution is 0.168. The Morgan fingerprint density at radius 2 is 1.23 bits per heavy atom. The third-order valence-electron chi connectivity index (χ3n) is 5.37. The van der Waals surface area contributed by atoms with Gasteiger partial charge in [0.2, 0.25) is 0 Å². The van der Waals surface area contributed by atoms with E-state index in [2.05, 4.69) is 51.8 Å². The van der Waals surface area contributed by atoms with Gasteiger partial charge >= 0.3 is 0 Å². The summed E-state index contributed by atoms with van der Waals surface area (Å²) in [6.07, 6.45) is 1.20. The molecule has 1 heterocycles. The summed E-state index contributed by atoms with van der Waals surface area (Å²) in [5, 5.41) is 3.46. The molecule has 0 amide bonds. The Kier molecular flexibility index (Phi) is 9.01. The molecule has 1 aromatic rings. The standard InChI is InChI=1S/C18H30N2.2ClH/c1-7-17(20-10-8-19-9-11-20)18-15(5)13(3)12(2)14(4)16(18)6;;/h17,19H,7-11H2,1-6H3;2*1H/t17-;;/m0../s1. The summed E-state index contributed by atoms with van der Waals surface area (Å²) in [4.78, 5) is 2.67. The zero-order valence-electron chi connectivity index (χ0n) is 14.9. The van der Waals surface area contributed by atoms with E-state index in [1.807, 2.05) is 0 Å². The summed E-state index contributed by atoms with van der Waals surface area (Å²) in [6.45, 7) is 18.4. The molecule has 1 aliphatic heterocycles. The van der Waals surface area contributed by atoms with E-state index in [0.717, 1.165) is 13.1 Å². The zero-order chi connectivity index (χ0) is 14.9. The molecule has 0 bridgehead atoms. The van der Waals surface area contributed by atoms with Crippen molar-refractivity contribution in [2.45, 2.75) is 54.0 Å². The topological polar surface area (TPSA) is 15.3 Å². The molecule has 1 aromatic carbocycles. The van der Waals surface area contributed by atoms with Crippen molar-refractivity contribution in [2.24, 2.45) is 0 Å². The first-order valence-electron chi connectivity index (χ1n) is 8.00. The van der Waals surface area contributed by atoms with E-state index >= 15 is 0 Å². The summed E-state index contributed by atoms with van der Waals surface area (Å²) in [6, 6.07) is 0.579. The molecule has 0 unspecified atom stereocenters. The molecule has 0 spiro atoms. The number of hydrogen-bond acceptors (Lipinski definition) is 2. The third kappa shape index (κ3) is 3.97. The summed E-state index contributed by atoms with van der Waals surface area (Å²) in [5.74, 6) is 0. The van der Waals surface area contributed by atoms with Gasteiger partial charge in [-0.05, 0) is 74.4 Å². The van der Waals surface area contributed by atoms with Crippen LogP contribution in [0.5, 0.6) is 0 Å². The van der Waals surface area contributed by atoms with Crippen molar-refractivity contribution < 1.29 is 0 Å². The van der Waals surface area contributed by atoms with Gasteiger partial charge in [-0.15, -0.1) is 24.8 Å². The molecule has 4 heteroatoms. The molecule has 0 aliphatic carbocycles. The average molecular weight is 347 g/mol. The van der Waals surface area contributed by atoms with Crippen molar-refractivity contribution in [1.29, 1.82) is 0 Å². The second kappa shape index (κ2) is 9.12. The van der Waals surface area contributed by atoms with Crippen molar-refractivity contribution >= 4 is 24.8 Å². The highest BCUT2D eigenvalue weighted by molar-refractivity contribution is 5.85. The first kappa shape index (κ1) is 21.7. The second-order valence-electron chi connectivity index (χ2n) is 6.25. The number of hydrogen-bond donors (Lipinski definition) is 1. The van der Waals surface area contributed by atoms with Gasteiger partial charge in [0.05, 0.1) is 0 Å². The number of halogens is 2. The quantitative estimate of drug-likeness (QED) is 0.870. The van der Waals surface area contributed by atoms with E-state index in [1.54, 1.807) is 5.56 Å². The minimum atomic E-state index is 0. The van der Waals surface area contributed by atoms with Crippen LogP contribution in [-0.4, -0.2) is 31.1 Å². The minimum Gasteiger partial charge on any atom is -0.314 e. The number of nitrogens with zero attached hydrogens (tertiary/aromatic N) is 1. The minimum absolute atomic E-state index is 0. The van der Waals surface area contributed by atoms with Crippen LogP contribution >= 0.6 is 24.8 Å². The van der Waals surface area contributed by atoms with Crippen LogP contribution in [0.3, 0.4) is 0 Å². The maximum Gasteiger partial charge on any atom is 0.0352 e. The van der Waals surface area contributed by atoms with Crippen LogP contribution in [0.1, 0.15) is 52.8 Å². The van der Waals surface area contributed by atoms with Gasteiger partial charge in [0.15, 0.2) is 0 Å². The van der Waals surface area contributed by atoms with E-state index in [9.17, 15) is 0 Å².